The molecule has 0 aliphatic heterocycles. The number of anilines is 2. The number of aromatic nitrogens is 3. The Morgan fingerprint density at radius 2 is 2.06 bits per heavy atom. The molecular formula is C9H8ClN5O2S. The summed E-state index contributed by atoms with van der Waals surface area (Å²) < 4.78 is 26.1. The van der Waals surface area contributed by atoms with E-state index < -0.39 is 10.0 Å². The fourth-order valence-electron chi connectivity index (χ4n) is 1.15. The minimum Gasteiger partial charge on any atom is -0.398 e. The predicted molar refractivity (Wildman–Crippen MR) is 66.5 cm³/mol. The number of nitrogens with zero attached hydrogens (tertiary/aromatic N) is 3. The van der Waals surface area contributed by atoms with Gasteiger partial charge < -0.3 is 5.73 Å². The minimum absolute atomic E-state index is 0.0332. The van der Waals surface area contributed by atoms with Crippen molar-refractivity contribution in [3.8, 4) is 0 Å². The van der Waals surface area contributed by atoms with E-state index in [9.17, 15) is 8.42 Å². The predicted octanol–water partition coefficient (Wildman–Crippen LogP) is 0.908. The molecule has 0 unspecified atom stereocenters. The number of rotatable bonds is 3. The van der Waals surface area contributed by atoms with E-state index in [1.807, 2.05) is 0 Å². The molecule has 1 heterocycles. The van der Waals surface area contributed by atoms with E-state index in [2.05, 4.69) is 19.9 Å². The van der Waals surface area contributed by atoms with Gasteiger partial charge in [-0.25, -0.2) is 18.1 Å². The Morgan fingerprint density at radius 3 is 2.67 bits per heavy atom. The van der Waals surface area contributed by atoms with Crippen molar-refractivity contribution in [3.63, 3.8) is 0 Å². The van der Waals surface area contributed by atoms with E-state index in [4.69, 9.17) is 17.3 Å². The van der Waals surface area contributed by atoms with Crippen LogP contribution in [0.1, 0.15) is 0 Å². The first-order valence-electron chi connectivity index (χ1n) is 4.70. The van der Waals surface area contributed by atoms with Gasteiger partial charge in [0, 0.05) is 0 Å². The quantitative estimate of drug-likeness (QED) is 0.811. The Kier molecular flexibility index (Phi) is 3.30. The van der Waals surface area contributed by atoms with Crippen molar-refractivity contribution >= 4 is 33.3 Å². The van der Waals surface area contributed by atoms with Gasteiger partial charge in [-0.05, 0) is 18.2 Å². The molecule has 0 aliphatic rings. The molecule has 2 rings (SSSR count). The summed E-state index contributed by atoms with van der Waals surface area (Å²) in [5.74, 6) is -0.120. The molecule has 1 aromatic heterocycles. The lowest BCUT2D eigenvalue weighted by molar-refractivity contribution is 0.600. The molecule has 0 saturated carbocycles. The van der Waals surface area contributed by atoms with Crippen LogP contribution in [0.25, 0.3) is 0 Å². The van der Waals surface area contributed by atoms with Crippen LogP contribution in [0.3, 0.4) is 0 Å². The van der Waals surface area contributed by atoms with Gasteiger partial charge in [0.1, 0.15) is 0 Å². The highest BCUT2D eigenvalue weighted by molar-refractivity contribution is 7.92. The average molecular weight is 286 g/mol. The Hall–Kier alpha value is -1.93. The van der Waals surface area contributed by atoms with Crippen LogP contribution in [0.5, 0.6) is 0 Å². The monoisotopic (exact) mass is 285 g/mol. The normalized spacial score (nSPS) is 11.2. The molecule has 2 aromatic rings. The maximum absolute atomic E-state index is 11.9. The Labute approximate surface area is 108 Å². The average Bonchev–Trinajstić information content (AvgIpc) is 2.33. The minimum atomic E-state index is -3.81. The van der Waals surface area contributed by atoms with Crippen molar-refractivity contribution in [3.05, 3.63) is 35.6 Å². The van der Waals surface area contributed by atoms with Crippen LogP contribution in [0.2, 0.25) is 5.02 Å². The molecule has 7 nitrogen and oxygen atoms in total. The summed E-state index contributed by atoms with van der Waals surface area (Å²) in [6.07, 6.45) is 2.65. The highest BCUT2D eigenvalue weighted by atomic mass is 35.5. The number of nitrogen functional groups attached to an aromatic ring is 1. The molecule has 0 spiro atoms. The lowest BCUT2D eigenvalue weighted by Gasteiger charge is -2.06. The van der Waals surface area contributed by atoms with Crippen molar-refractivity contribution < 1.29 is 8.42 Å². The smallest absolute Gasteiger partial charge is 0.264 e. The van der Waals surface area contributed by atoms with Crippen molar-refractivity contribution in [1.29, 1.82) is 0 Å². The summed E-state index contributed by atoms with van der Waals surface area (Å²) in [4.78, 5) is 3.67. The van der Waals surface area contributed by atoms with Crippen molar-refractivity contribution in [2.24, 2.45) is 0 Å². The van der Waals surface area contributed by atoms with Crippen molar-refractivity contribution in [2.45, 2.75) is 4.90 Å². The molecule has 94 valence electrons. The van der Waals surface area contributed by atoms with Gasteiger partial charge in [0.25, 0.3) is 16.0 Å². The molecule has 9 heteroatoms. The maximum atomic E-state index is 11.9. The fourth-order valence-corrected chi connectivity index (χ4v) is 2.37. The first-order valence-corrected chi connectivity index (χ1v) is 6.57. The van der Waals surface area contributed by atoms with Gasteiger partial charge in [-0.1, -0.05) is 11.6 Å². The summed E-state index contributed by atoms with van der Waals surface area (Å²) in [7, 11) is -3.81. The van der Waals surface area contributed by atoms with E-state index in [1.165, 1.54) is 30.6 Å². The number of benzene rings is 1. The van der Waals surface area contributed by atoms with Crippen LogP contribution in [0.15, 0.2) is 35.5 Å². The molecule has 0 bridgehead atoms. The van der Waals surface area contributed by atoms with Gasteiger partial charge in [0.05, 0.1) is 28.0 Å². The summed E-state index contributed by atoms with van der Waals surface area (Å²) in [5.41, 5.74) is 5.80. The van der Waals surface area contributed by atoms with Gasteiger partial charge in [-0.2, -0.15) is 5.10 Å². The zero-order valence-corrected chi connectivity index (χ0v) is 10.5. The van der Waals surface area contributed by atoms with Gasteiger partial charge in [0.15, 0.2) is 0 Å². The largest absolute Gasteiger partial charge is 0.398 e. The number of hydrogen-bond donors (Lipinski definition) is 2. The Balaban J connectivity index is 2.34. The van der Waals surface area contributed by atoms with Crippen LogP contribution in [0.4, 0.5) is 11.6 Å². The molecule has 0 atom stereocenters. The third-order valence-electron chi connectivity index (χ3n) is 1.99. The van der Waals surface area contributed by atoms with Crippen LogP contribution in [-0.4, -0.2) is 23.6 Å². The van der Waals surface area contributed by atoms with Gasteiger partial charge in [0.2, 0.25) is 0 Å². The second-order valence-corrected chi connectivity index (χ2v) is 5.34. The number of halogens is 1. The lowest BCUT2D eigenvalue weighted by Crippen LogP contribution is -2.15. The zero-order valence-electron chi connectivity index (χ0n) is 8.91. The van der Waals surface area contributed by atoms with Crippen molar-refractivity contribution in [2.75, 3.05) is 10.5 Å². The molecule has 1 aromatic carbocycles. The molecular weight excluding hydrogens is 278 g/mol. The Bertz CT molecular complexity index is 662. The van der Waals surface area contributed by atoms with Crippen LogP contribution >= 0.6 is 11.6 Å². The maximum Gasteiger partial charge on any atom is 0.264 e. The molecule has 0 radical (unpaired) electrons. The standard InChI is InChI=1S/C9H8ClN5O2S/c10-7-5-6(1-2-8(7)11)18(16,17)15-9-12-3-4-13-14-9/h1-5H,11H2,(H,12,14,15). The van der Waals surface area contributed by atoms with Crippen LogP contribution in [-0.2, 0) is 10.0 Å². The van der Waals surface area contributed by atoms with Crippen LogP contribution in [0, 0.1) is 0 Å². The summed E-state index contributed by atoms with van der Waals surface area (Å²) >= 11 is 5.76. The number of nitrogens with two attached hydrogens (primary N) is 1. The van der Waals surface area contributed by atoms with Gasteiger partial charge in [-0.3, -0.25) is 0 Å². The summed E-state index contributed by atoms with van der Waals surface area (Å²) in [5, 5.41) is 7.19. The van der Waals surface area contributed by atoms with E-state index in [1.54, 1.807) is 0 Å². The topological polar surface area (TPSA) is 111 Å². The third-order valence-corrected chi connectivity index (χ3v) is 3.64. The SMILES string of the molecule is Nc1ccc(S(=O)(=O)Nc2nccnn2)cc1Cl. The summed E-state index contributed by atoms with van der Waals surface area (Å²) in [6.45, 7) is 0. The Morgan fingerprint density at radius 1 is 1.28 bits per heavy atom. The molecule has 0 amide bonds. The van der Waals surface area contributed by atoms with E-state index >= 15 is 0 Å². The van der Waals surface area contributed by atoms with E-state index in [-0.39, 0.29) is 15.9 Å². The molecule has 18 heavy (non-hydrogen) atoms. The molecule has 0 fully saturated rings. The van der Waals surface area contributed by atoms with E-state index in [0.717, 1.165) is 0 Å². The second-order valence-electron chi connectivity index (χ2n) is 3.26. The zero-order chi connectivity index (χ0) is 13.2. The van der Waals surface area contributed by atoms with Crippen LogP contribution < -0.4 is 10.5 Å². The van der Waals surface area contributed by atoms with E-state index in [0.29, 0.717) is 5.69 Å². The lowest BCUT2D eigenvalue weighted by atomic mass is 10.3. The molecule has 0 aliphatic carbocycles. The highest BCUT2D eigenvalue weighted by Gasteiger charge is 2.16. The molecule has 0 saturated heterocycles. The number of hydrogen-bond acceptors (Lipinski definition) is 6. The first-order chi connectivity index (χ1) is 8.49. The van der Waals surface area contributed by atoms with Gasteiger partial charge in [-0.15, -0.1) is 5.10 Å². The third kappa shape index (κ3) is 2.66. The van der Waals surface area contributed by atoms with Gasteiger partial charge >= 0.3 is 0 Å². The number of nitrogens with one attached hydrogen (secondary N) is 1. The summed E-state index contributed by atoms with van der Waals surface area (Å²) in [6, 6.07) is 3.98. The second kappa shape index (κ2) is 4.75. The fraction of sp³-hybridized carbons (Fsp3) is 0. The molecule has 3 N–H and O–H groups in total. The number of sulfonamides is 1. The van der Waals surface area contributed by atoms with Crippen molar-refractivity contribution in [1.82, 2.24) is 15.2 Å². The first kappa shape index (κ1) is 12.5. The highest BCUT2D eigenvalue weighted by Crippen LogP contribution is 2.23.